The van der Waals surface area contributed by atoms with Crippen LogP contribution in [-0.2, 0) is 16.8 Å². The minimum Gasteiger partial charge on any atom is -0.356 e. The number of aromatic amines is 1. The van der Waals surface area contributed by atoms with E-state index in [-0.39, 0.29) is 11.4 Å². The van der Waals surface area contributed by atoms with Gasteiger partial charge in [0.2, 0.25) is 5.91 Å². The fraction of sp³-hybridized carbons (Fsp3) is 0.286. The Hall–Kier alpha value is -2.07. The molecule has 0 unspecified atom stereocenters. The Morgan fingerprint density at radius 2 is 1.92 bits per heavy atom. The zero-order valence-electron chi connectivity index (χ0n) is 14.1. The maximum Gasteiger partial charge on any atom is 0.223 e. The maximum atomic E-state index is 12.6. The summed E-state index contributed by atoms with van der Waals surface area (Å²) in [5.41, 5.74) is 5.92. The minimum absolute atomic E-state index is 0.268. The first-order valence-corrected chi connectivity index (χ1v) is 9.58. The summed E-state index contributed by atoms with van der Waals surface area (Å²) in [6.07, 6.45) is 2.37. The molecule has 5 rings (SSSR count). The third kappa shape index (κ3) is 1.94. The van der Waals surface area contributed by atoms with Gasteiger partial charge in [0.25, 0.3) is 0 Å². The summed E-state index contributed by atoms with van der Waals surface area (Å²) in [5, 5.41) is 1.31. The largest absolute Gasteiger partial charge is 0.356 e. The predicted octanol–water partition coefficient (Wildman–Crippen LogP) is 4.66. The molecule has 1 amide bonds. The van der Waals surface area contributed by atoms with Crippen molar-refractivity contribution in [3.63, 3.8) is 0 Å². The van der Waals surface area contributed by atoms with Crippen LogP contribution in [0.4, 0.5) is 0 Å². The van der Waals surface area contributed by atoms with Crippen LogP contribution in [0.5, 0.6) is 0 Å². The third-order valence-corrected chi connectivity index (χ3v) is 6.46. The van der Waals surface area contributed by atoms with Crippen molar-refractivity contribution in [2.45, 2.75) is 31.7 Å². The van der Waals surface area contributed by atoms with E-state index in [1.807, 2.05) is 0 Å². The molecule has 126 valence electrons. The number of carbonyl (C=O) groups excluding carboxylic acids is 1. The Morgan fingerprint density at radius 1 is 1.12 bits per heavy atom. The van der Waals surface area contributed by atoms with Gasteiger partial charge in [-0.15, -0.1) is 0 Å². The van der Waals surface area contributed by atoms with Gasteiger partial charge in [0.15, 0.2) is 0 Å². The van der Waals surface area contributed by atoms with Crippen molar-refractivity contribution in [2.75, 3.05) is 6.54 Å². The van der Waals surface area contributed by atoms with Gasteiger partial charge in [0, 0.05) is 28.3 Å². The number of amides is 1. The molecular weight excluding hydrogens is 376 g/mol. The van der Waals surface area contributed by atoms with Crippen molar-refractivity contribution >= 4 is 32.7 Å². The molecule has 1 aromatic heterocycles. The van der Waals surface area contributed by atoms with Gasteiger partial charge in [-0.2, -0.15) is 0 Å². The fourth-order valence-corrected chi connectivity index (χ4v) is 5.04. The van der Waals surface area contributed by atoms with Crippen molar-refractivity contribution < 1.29 is 4.79 Å². The highest BCUT2D eigenvalue weighted by Crippen LogP contribution is 2.50. The summed E-state index contributed by atoms with van der Waals surface area (Å²) in [7, 11) is 0. The molecule has 2 aliphatic heterocycles. The highest BCUT2D eigenvalue weighted by atomic mass is 79.9. The lowest BCUT2D eigenvalue weighted by Gasteiger charge is -2.42. The van der Waals surface area contributed by atoms with E-state index < -0.39 is 0 Å². The number of halogens is 1. The molecule has 2 aromatic carbocycles. The van der Waals surface area contributed by atoms with E-state index in [1.54, 1.807) is 0 Å². The van der Waals surface area contributed by atoms with Gasteiger partial charge < -0.3 is 9.88 Å². The minimum atomic E-state index is -0.350. The standard InChI is InChI=1S/C21H19BrN2O/c1-13-3-2-4-16-17-10-12-24-18(25)9-11-21(24,20(17)23-19(13)16)14-5-7-15(22)8-6-14/h2-8,23H,9-12H2,1H3/t21-/m1/s1. The molecule has 0 radical (unpaired) electrons. The van der Waals surface area contributed by atoms with E-state index in [0.29, 0.717) is 6.42 Å². The summed E-state index contributed by atoms with van der Waals surface area (Å²) in [4.78, 5) is 18.5. The Morgan fingerprint density at radius 3 is 2.72 bits per heavy atom. The van der Waals surface area contributed by atoms with Gasteiger partial charge in [0.1, 0.15) is 5.54 Å². The van der Waals surface area contributed by atoms with Crippen molar-refractivity contribution in [3.05, 3.63) is 69.3 Å². The van der Waals surface area contributed by atoms with Crippen LogP contribution in [0, 0.1) is 6.92 Å². The number of benzene rings is 2. The van der Waals surface area contributed by atoms with Crippen LogP contribution in [-0.4, -0.2) is 22.3 Å². The lowest BCUT2D eigenvalue weighted by Crippen LogP contribution is -2.48. The number of para-hydroxylation sites is 1. The molecule has 0 bridgehead atoms. The molecular formula is C21H19BrN2O. The Balaban J connectivity index is 1.84. The lowest BCUT2D eigenvalue weighted by molar-refractivity contribution is -0.131. The van der Waals surface area contributed by atoms with Crippen LogP contribution in [0.25, 0.3) is 10.9 Å². The summed E-state index contributed by atoms with van der Waals surface area (Å²) in [6, 6.07) is 14.9. The van der Waals surface area contributed by atoms with Gasteiger partial charge in [0.05, 0.1) is 5.69 Å². The summed E-state index contributed by atoms with van der Waals surface area (Å²) in [6.45, 7) is 2.94. The molecule has 25 heavy (non-hydrogen) atoms. The average molecular weight is 395 g/mol. The summed E-state index contributed by atoms with van der Waals surface area (Å²) in [5.74, 6) is 0.268. The summed E-state index contributed by atoms with van der Waals surface area (Å²) < 4.78 is 1.06. The van der Waals surface area contributed by atoms with E-state index in [9.17, 15) is 4.79 Å². The van der Waals surface area contributed by atoms with Crippen molar-refractivity contribution in [1.29, 1.82) is 0 Å². The number of rotatable bonds is 1. The monoisotopic (exact) mass is 394 g/mol. The van der Waals surface area contributed by atoms with E-state index in [1.165, 1.54) is 33.3 Å². The van der Waals surface area contributed by atoms with E-state index >= 15 is 0 Å². The normalized spacial score (nSPS) is 22.3. The topological polar surface area (TPSA) is 36.1 Å². The van der Waals surface area contributed by atoms with Crippen LogP contribution >= 0.6 is 15.9 Å². The number of carbonyl (C=O) groups is 1. The molecule has 3 nitrogen and oxygen atoms in total. The second kappa shape index (κ2) is 5.21. The van der Waals surface area contributed by atoms with E-state index in [2.05, 4.69) is 75.2 Å². The van der Waals surface area contributed by atoms with Crippen molar-refractivity contribution in [2.24, 2.45) is 0 Å². The van der Waals surface area contributed by atoms with E-state index in [4.69, 9.17) is 0 Å². The number of hydrogen-bond donors (Lipinski definition) is 1. The number of aryl methyl sites for hydroxylation is 1. The van der Waals surface area contributed by atoms with Crippen LogP contribution in [0.1, 0.15) is 35.2 Å². The second-order valence-electron chi connectivity index (χ2n) is 7.14. The number of fused-ring (bicyclic) bond motifs is 5. The fourth-order valence-electron chi connectivity index (χ4n) is 4.77. The smallest absolute Gasteiger partial charge is 0.223 e. The van der Waals surface area contributed by atoms with Gasteiger partial charge in [-0.05, 0) is 48.6 Å². The molecule has 3 heterocycles. The first kappa shape index (κ1) is 15.2. The van der Waals surface area contributed by atoms with Gasteiger partial charge in [-0.25, -0.2) is 0 Å². The molecule has 2 aliphatic rings. The van der Waals surface area contributed by atoms with Gasteiger partial charge in [-0.1, -0.05) is 46.3 Å². The highest BCUT2D eigenvalue weighted by Gasteiger charge is 2.52. The zero-order chi connectivity index (χ0) is 17.2. The second-order valence-corrected chi connectivity index (χ2v) is 8.05. The summed E-state index contributed by atoms with van der Waals surface area (Å²) >= 11 is 3.53. The Bertz CT molecular complexity index is 1000. The van der Waals surface area contributed by atoms with Crippen molar-refractivity contribution in [3.8, 4) is 0 Å². The number of nitrogens with one attached hydrogen (secondary N) is 1. The molecule has 1 atom stereocenters. The first-order chi connectivity index (χ1) is 12.1. The molecule has 1 saturated heterocycles. The van der Waals surface area contributed by atoms with Gasteiger partial charge >= 0.3 is 0 Å². The first-order valence-electron chi connectivity index (χ1n) is 8.78. The number of hydrogen-bond acceptors (Lipinski definition) is 1. The molecule has 0 spiro atoms. The maximum absolute atomic E-state index is 12.6. The molecule has 1 fully saturated rings. The average Bonchev–Trinajstić information content (AvgIpc) is 3.16. The molecule has 3 aromatic rings. The lowest BCUT2D eigenvalue weighted by atomic mass is 9.79. The quantitative estimate of drug-likeness (QED) is 0.639. The number of H-pyrrole nitrogens is 1. The number of aromatic nitrogens is 1. The predicted molar refractivity (Wildman–Crippen MR) is 103 cm³/mol. The molecule has 0 saturated carbocycles. The SMILES string of the molecule is Cc1cccc2c3c([nH]c12)[C@]1(c2ccc(Br)cc2)CCC(=O)N1CC3. The third-order valence-electron chi connectivity index (χ3n) is 5.93. The zero-order valence-corrected chi connectivity index (χ0v) is 15.7. The molecule has 0 aliphatic carbocycles. The van der Waals surface area contributed by atoms with Crippen molar-refractivity contribution in [1.82, 2.24) is 9.88 Å². The Kier molecular flexibility index (Phi) is 3.17. The molecule has 1 N–H and O–H groups in total. The highest BCUT2D eigenvalue weighted by molar-refractivity contribution is 9.10. The van der Waals surface area contributed by atoms with E-state index in [0.717, 1.165) is 23.9 Å². The van der Waals surface area contributed by atoms with Crippen LogP contribution < -0.4 is 0 Å². The Labute approximate surface area is 155 Å². The van der Waals surface area contributed by atoms with Crippen LogP contribution in [0.15, 0.2) is 46.9 Å². The number of nitrogens with zero attached hydrogens (tertiary/aromatic N) is 1. The van der Waals surface area contributed by atoms with Crippen LogP contribution in [0.3, 0.4) is 0 Å². The van der Waals surface area contributed by atoms with Gasteiger partial charge in [-0.3, -0.25) is 4.79 Å². The molecule has 4 heteroatoms. The van der Waals surface area contributed by atoms with Crippen LogP contribution in [0.2, 0.25) is 0 Å².